The number of rotatable bonds is 4. The van der Waals surface area contributed by atoms with Crippen molar-refractivity contribution >= 4 is 6.09 Å². The maximum atomic E-state index is 11.6. The van der Waals surface area contributed by atoms with E-state index in [2.05, 4.69) is 20.7 Å². The van der Waals surface area contributed by atoms with E-state index < -0.39 is 11.7 Å². The van der Waals surface area contributed by atoms with Crippen molar-refractivity contribution in [3.05, 3.63) is 5.82 Å². The van der Waals surface area contributed by atoms with Crippen LogP contribution in [0.1, 0.15) is 53.3 Å². The minimum atomic E-state index is -0.532. The van der Waals surface area contributed by atoms with E-state index in [0.717, 1.165) is 0 Å². The maximum Gasteiger partial charge on any atom is 0.407 e. The van der Waals surface area contributed by atoms with Crippen LogP contribution in [0.3, 0.4) is 0 Å². The lowest BCUT2D eigenvalue weighted by Crippen LogP contribution is -2.36. The third-order valence-corrected chi connectivity index (χ3v) is 2.57. The van der Waals surface area contributed by atoms with E-state index in [1.54, 1.807) is 4.80 Å². The molecule has 1 unspecified atom stereocenters. The van der Waals surface area contributed by atoms with Crippen LogP contribution < -0.4 is 11.1 Å². The molecule has 1 rings (SSSR count). The minimum absolute atomic E-state index is 0.200. The van der Waals surface area contributed by atoms with E-state index in [-0.39, 0.29) is 11.5 Å². The van der Waals surface area contributed by atoms with Crippen molar-refractivity contribution in [1.82, 2.24) is 25.5 Å². The van der Waals surface area contributed by atoms with E-state index in [1.165, 1.54) is 0 Å². The van der Waals surface area contributed by atoms with Gasteiger partial charge in [0.2, 0.25) is 0 Å². The average Bonchev–Trinajstić information content (AvgIpc) is 2.76. The van der Waals surface area contributed by atoms with Crippen molar-refractivity contribution in [2.75, 3.05) is 13.1 Å². The molecule has 8 heteroatoms. The lowest BCUT2D eigenvalue weighted by molar-refractivity contribution is 0.0524. The second kappa shape index (κ2) is 6.38. The van der Waals surface area contributed by atoms with Crippen LogP contribution in [0.25, 0.3) is 0 Å². The Kier molecular flexibility index (Phi) is 5.27. The van der Waals surface area contributed by atoms with E-state index >= 15 is 0 Å². The molecule has 0 aliphatic carbocycles. The van der Waals surface area contributed by atoms with Crippen LogP contribution in [0.4, 0.5) is 4.79 Å². The van der Waals surface area contributed by atoms with Gasteiger partial charge in [-0.3, -0.25) is 0 Å². The van der Waals surface area contributed by atoms with Crippen LogP contribution in [-0.4, -0.2) is 45.0 Å². The second-order valence-corrected chi connectivity index (χ2v) is 6.92. The predicted molar refractivity (Wildman–Crippen MR) is 78.8 cm³/mol. The highest BCUT2D eigenvalue weighted by atomic mass is 16.6. The van der Waals surface area contributed by atoms with Crippen molar-refractivity contribution in [3.63, 3.8) is 0 Å². The van der Waals surface area contributed by atoms with Crippen LogP contribution in [0.5, 0.6) is 0 Å². The topological polar surface area (TPSA) is 108 Å². The molecule has 120 valence electrons. The van der Waals surface area contributed by atoms with Gasteiger partial charge in [0.25, 0.3) is 0 Å². The van der Waals surface area contributed by atoms with Gasteiger partial charge in [-0.2, -0.15) is 4.80 Å². The van der Waals surface area contributed by atoms with Crippen LogP contribution >= 0.6 is 0 Å². The molecular formula is C13H26N6O2. The summed E-state index contributed by atoms with van der Waals surface area (Å²) in [5, 5.41) is 15.0. The fraction of sp³-hybridized carbons (Fsp3) is 0.846. The zero-order valence-corrected chi connectivity index (χ0v) is 13.7. The molecule has 1 aromatic rings. The Morgan fingerprint density at radius 3 is 2.38 bits per heavy atom. The predicted octanol–water partition coefficient (Wildman–Crippen LogP) is 0.995. The maximum absolute atomic E-state index is 11.6. The Bertz CT molecular complexity index is 472. The summed E-state index contributed by atoms with van der Waals surface area (Å²) >= 11 is 0. The Balaban J connectivity index is 2.63. The summed E-state index contributed by atoms with van der Waals surface area (Å²) in [5.41, 5.74) is 4.95. The lowest BCUT2D eigenvalue weighted by Gasteiger charge is -2.20. The molecule has 1 aromatic heterocycles. The number of hydrogen-bond acceptors (Lipinski definition) is 6. The summed E-state index contributed by atoms with van der Waals surface area (Å²) in [5.74, 6) is 0.317. The average molecular weight is 298 g/mol. The van der Waals surface area contributed by atoms with Gasteiger partial charge in [0.1, 0.15) is 5.60 Å². The molecule has 0 saturated carbocycles. The number of nitrogens with one attached hydrogen (secondary N) is 1. The van der Waals surface area contributed by atoms with Crippen LogP contribution in [0, 0.1) is 0 Å². The van der Waals surface area contributed by atoms with E-state index in [9.17, 15) is 4.79 Å². The Hall–Kier alpha value is -1.70. The molecule has 1 amide bonds. The number of aromatic nitrogens is 4. The van der Waals surface area contributed by atoms with E-state index in [0.29, 0.717) is 18.9 Å². The zero-order valence-electron chi connectivity index (χ0n) is 13.7. The van der Waals surface area contributed by atoms with E-state index in [1.807, 2.05) is 41.5 Å². The molecule has 1 heterocycles. The van der Waals surface area contributed by atoms with Crippen molar-refractivity contribution < 1.29 is 9.53 Å². The molecule has 0 fully saturated rings. The standard InChI is InChI=1S/C13H26N6O2/c1-12(2,3)19-17-10(16-18-19)9(7-14)8-15-11(20)21-13(4,5)6/h9H,7-8,14H2,1-6H3,(H,15,20). The monoisotopic (exact) mass is 298 g/mol. The van der Waals surface area contributed by atoms with Gasteiger partial charge < -0.3 is 15.8 Å². The smallest absolute Gasteiger partial charge is 0.407 e. The normalized spacial score (nSPS) is 13.9. The number of tetrazole rings is 1. The third kappa shape index (κ3) is 5.66. The molecule has 0 spiro atoms. The van der Waals surface area contributed by atoms with Gasteiger partial charge in [-0.15, -0.1) is 10.2 Å². The van der Waals surface area contributed by atoms with Gasteiger partial charge in [0, 0.05) is 13.1 Å². The molecule has 0 saturated heterocycles. The summed E-state index contributed by atoms with van der Waals surface area (Å²) in [7, 11) is 0. The third-order valence-electron chi connectivity index (χ3n) is 2.57. The van der Waals surface area contributed by atoms with Crippen LogP contribution in [0.2, 0.25) is 0 Å². The van der Waals surface area contributed by atoms with Gasteiger partial charge >= 0.3 is 6.09 Å². The van der Waals surface area contributed by atoms with Gasteiger partial charge in [-0.1, -0.05) is 0 Å². The number of hydrogen-bond donors (Lipinski definition) is 2. The number of alkyl carbamates (subject to hydrolysis) is 1. The number of carbonyl (C=O) groups excluding carboxylic acids is 1. The van der Waals surface area contributed by atoms with Crippen molar-refractivity contribution in [3.8, 4) is 0 Å². The fourth-order valence-electron chi connectivity index (χ4n) is 1.47. The number of ether oxygens (including phenoxy) is 1. The zero-order chi connectivity index (χ0) is 16.3. The Morgan fingerprint density at radius 2 is 1.95 bits per heavy atom. The van der Waals surface area contributed by atoms with Gasteiger partial charge in [-0.25, -0.2) is 4.79 Å². The first-order valence-corrected chi connectivity index (χ1v) is 7.00. The SMILES string of the molecule is CC(C)(C)OC(=O)NCC(CN)c1nnn(C(C)(C)C)n1. The summed E-state index contributed by atoms with van der Waals surface area (Å²) in [4.78, 5) is 13.2. The number of carbonyl (C=O) groups is 1. The molecule has 0 radical (unpaired) electrons. The summed E-state index contributed by atoms with van der Waals surface area (Å²) in [6.07, 6.45) is -0.482. The summed E-state index contributed by atoms with van der Waals surface area (Å²) in [6.45, 7) is 12.0. The van der Waals surface area contributed by atoms with Gasteiger partial charge in [-0.05, 0) is 46.8 Å². The Morgan fingerprint density at radius 1 is 1.33 bits per heavy atom. The Labute approximate surface area is 125 Å². The fourth-order valence-corrected chi connectivity index (χ4v) is 1.47. The first-order valence-electron chi connectivity index (χ1n) is 7.00. The van der Waals surface area contributed by atoms with Crippen LogP contribution in [0.15, 0.2) is 0 Å². The number of amides is 1. The molecule has 1 atom stereocenters. The first-order chi connectivity index (χ1) is 9.53. The minimum Gasteiger partial charge on any atom is -0.444 e. The second-order valence-electron chi connectivity index (χ2n) is 6.92. The molecule has 0 aliphatic rings. The summed E-state index contributed by atoms with van der Waals surface area (Å²) in [6, 6.07) is 0. The molecule has 0 aromatic carbocycles. The van der Waals surface area contributed by atoms with E-state index in [4.69, 9.17) is 10.5 Å². The number of nitrogens with zero attached hydrogens (tertiary/aromatic N) is 4. The highest BCUT2D eigenvalue weighted by Gasteiger charge is 2.23. The highest BCUT2D eigenvalue weighted by Crippen LogP contribution is 2.13. The number of nitrogens with two attached hydrogens (primary N) is 1. The van der Waals surface area contributed by atoms with Crippen molar-refractivity contribution in [1.29, 1.82) is 0 Å². The lowest BCUT2D eigenvalue weighted by atomic mass is 10.1. The summed E-state index contributed by atoms with van der Waals surface area (Å²) < 4.78 is 5.18. The molecule has 8 nitrogen and oxygen atoms in total. The largest absolute Gasteiger partial charge is 0.444 e. The molecular weight excluding hydrogens is 272 g/mol. The first kappa shape index (κ1) is 17.4. The van der Waals surface area contributed by atoms with Gasteiger partial charge in [0.05, 0.1) is 11.5 Å². The highest BCUT2D eigenvalue weighted by molar-refractivity contribution is 5.67. The molecule has 0 bridgehead atoms. The van der Waals surface area contributed by atoms with Crippen molar-refractivity contribution in [2.45, 2.75) is 58.6 Å². The van der Waals surface area contributed by atoms with Gasteiger partial charge in [0.15, 0.2) is 5.82 Å². The van der Waals surface area contributed by atoms with Crippen molar-refractivity contribution in [2.24, 2.45) is 5.73 Å². The molecule has 3 N–H and O–H groups in total. The van der Waals surface area contributed by atoms with Crippen LogP contribution in [-0.2, 0) is 10.3 Å². The molecule has 21 heavy (non-hydrogen) atoms. The molecule has 0 aliphatic heterocycles. The quantitative estimate of drug-likeness (QED) is 0.858.